The highest BCUT2D eigenvalue weighted by molar-refractivity contribution is 5.41. The van der Waals surface area contributed by atoms with Crippen molar-refractivity contribution in [3.05, 3.63) is 5.82 Å². The van der Waals surface area contributed by atoms with Gasteiger partial charge in [-0.05, 0) is 12.8 Å². The van der Waals surface area contributed by atoms with Crippen LogP contribution in [0.1, 0.15) is 24.6 Å². The smallest absolute Gasteiger partial charge is 0.295 e. The minimum absolute atomic E-state index is 0.153. The summed E-state index contributed by atoms with van der Waals surface area (Å²) >= 11 is 0. The zero-order valence-corrected chi connectivity index (χ0v) is 9.09. The molecule has 0 saturated carbocycles. The second kappa shape index (κ2) is 4.13. The predicted octanol–water partition coefficient (Wildman–Crippen LogP) is 0.331. The van der Waals surface area contributed by atoms with Crippen LogP contribution in [0.25, 0.3) is 11.7 Å². The molecule has 3 heterocycles. The van der Waals surface area contributed by atoms with Crippen molar-refractivity contribution in [1.29, 1.82) is 0 Å². The standard InChI is InChI=1S/C9H12N6O2/c10-9-12-7(13-14-9)8-11-6(15-17-8)5-2-1-3-16-4-5/h5H,1-4H2,(H3,10,12,13,14). The van der Waals surface area contributed by atoms with E-state index in [1.54, 1.807) is 0 Å². The van der Waals surface area contributed by atoms with Crippen LogP contribution in [-0.4, -0.2) is 38.5 Å². The Morgan fingerprint density at radius 1 is 1.35 bits per heavy atom. The van der Waals surface area contributed by atoms with Crippen LogP contribution in [0.4, 0.5) is 5.95 Å². The molecule has 3 N–H and O–H groups in total. The number of rotatable bonds is 2. The van der Waals surface area contributed by atoms with Crippen molar-refractivity contribution in [3.63, 3.8) is 0 Å². The van der Waals surface area contributed by atoms with Gasteiger partial charge in [-0.1, -0.05) is 5.16 Å². The highest BCUT2D eigenvalue weighted by Gasteiger charge is 2.22. The Hall–Kier alpha value is -1.96. The summed E-state index contributed by atoms with van der Waals surface area (Å²) in [7, 11) is 0. The molecule has 0 radical (unpaired) electrons. The van der Waals surface area contributed by atoms with E-state index in [1.807, 2.05) is 0 Å². The molecule has 0 aromatic carbocycles. The van der Waals surface area contributed by atoms with E-state index in [0.29, 0.717) is 24.1 Å². The fourth-order valence-corrected chi connectivity index (χ4v) is 1.81. The van der Waals surface area contributed by atoms with Gasteiger partial charge >= 0.3 is 0 Å². The summed E-state index contributed by atoms with van der Waals surface area (Å²) in [5.41, 5.74) is 5.40. The molecule has 8 nitrogen and oxygen atoms in total. The molecule has 1 atom stereocenters. The number of nitrogens with one attached hydrogen (secondary N) is 1. The third-order valence-corrected chi connectivity index (χ3v) is 2.67. The first-order valence-corrected chi connectivity index (χ1v) is 5.42. The highest BCUT2D eigenvalue weighted by atomic mass is 16.5. The minimum Gasteiger partial charge on any atom is -0.381 e. The number of hydrogen-bond donors (Lipinski definition) is 2. The Balaban J connectivity index is 1.82. The molecule has 0 amide bonds. The molecule has 1 aliphatic heterocycles. The van der Waals surface area contributed by atoms with Crippen LogP contribution in [-0.2, 0) is 4.74 Å². The van der Waals surface area contributed by atoms with Gasteiger partial charge in [-0.2, -0.15) is 9.97 Å². The Labute approximate surface area is 96.6 Å². The van der Waals surface area contributed by atoms with Gasteiger partial charge in [0.15, 0.2) is 5.82 Å². The van der Waals surface area contributed by atoms with E-state index in [0.717, 1.165) is 19.4 Å². The molecular weight excluding hydrogens is 224 g/mol. The largest absolute Gasteiger partial charge is 0.381 e. The molecule has 1 unspecified atom stereocenters. The summed E-state index contributed by atoms with van der Waals surface area (Å²) in [6, 6.07) is 0. The monoisotopic (exact) mass is 236 g/mol. The molecule has 0 spiro atoms. The second-order valence-electron chi connectivity index (χ2n) is 3.91. The normalized spacial score (nSPS) is 20.6. The number of hydrogen-bond acceptors (Lipinski definition) is 7. The summed E-state index contributed by atoms with van der Waals surface area (Å²) in [6.07, 6.45) is 2.03. The van der Waals surface area contributed by atoms with Crippen molar-refractivity contribution in [3.8, 4) is 11.7 Å². The van der Waals surface area contributed by atoms with Gasteiger partial charge in [-0.15, -0.1) is 5.10 Å². The fraction of sp³-hybridized carbons (Fsp3) is 0.556. The number of nitrogens with two attached hydrogens (primary N) is 1. The lowest BCUT2D eigenvalue weighted by Crippen LogP contribution is -2.16. The van der Waals surface area contributed by atoms with Gasteiger partial charge in [0.25, 0.3) is 5.89 Å². The summed E-state index contributed by atoms with van der Waals surface area (Å²) < 4.78 is 10.5. The average Bonchev–Trinajstić information content (AvgIpc) is 2.98. The molecule has 2 aromatic heterocycles. The summed E-state index contributed by atoms with van der Waals surface area (Å²) in [5, 5.41) is 10.3. The molecule has 8 heteroatoms. The Morgan fingerprint density at radius 2 is 2.29 bits per heavy atom. The van der Waals surface area contributed by atoms with Crippen molar-refractivity contribution in [2.75, 3.05) is 18.9 Å². The van der Waals surface area contributed by atoms with Gasteiger partial charge in [0.1, 0.15) is 0 Å². The lowest BCUT2D eigenvalue weighted by Gasteiger charge is -2.18. The van der Waals surface area contributed by atoms with E-state index in [4.69, 9.17) is 15.0 Å². The van der Waals surface area contributed by atoms with E-state index in [9.17, 15) is 0 Å². The van der Waals surface area contributed by atoms with Gasteiger partial charge < -0.3 is 15.0 Å². The topological polar surface area (TPSA) is 116 Å². The van der Waals surface area contributed by atoms with Crippen molar-refractivity contribution in [2.45, 2.75) is 18.8 Å². The maximum absolute atomic E-state index is 5.40. The van der Waals surface area contributed by atoms with Gasteiger partial charge in [-0.25, -0.2) is 0 Å². The van der Waals surface area contributed by atoms with Crippen LogP contribution in [0.5, 0.6) is 0 Å². The number of H-pyrrole nitrogens is 1. The third-order valence-electron chi connectivity index (χ3n) is 2.67. The van der Waals surface area contributed by atoms with Crippen LogP contribution < -0.4 is 5.73 Å². The van der Waals surface area contributed by atoms with Crippen LogP contribution in [0, 0.1) is 0 Å². The van der Waals surface area contributed by atoms with Crippen molar-refractivity contribution < 1.29 is 9.26 Å². The first-order valence-electron chi connectivity index (χ1n) is 5.42. The van der Waals surface area contributed by atoms with Crippen LogP contribution in [0.15, 0.2) is 4.52 Å². The van der Waals surface area contributed by atoms with Crippen molar-refractivity contribution in [2.24, 2.45) is 0 Å². The number of aromatic amines is 1. The third kappa shape index (κ3) is 1.98. The second-order valence-corrected chi connectivity index (χ2v) is 3.91. The first kappa shape index (κ1) is 10.2. The first-order chi connectivity index (χ1) is 8.33. The van der Waals surface area contributed by atoms with Crippen molar-refractivity contribution >= 4 is 5.95 Å². The van der Waals surface area contributed by atoms with E-state index in [1.165, 1.54) is 0 Å². The predicted molar refractivity (Wildman–Crippen MR) is 56.9 cm³/mol. The highest BCUT2D eigenvalue weighted by Crippen LogP contribution is 2.24. The van der Waals surface area contributed by atoms with E-state index in [2.05, 4.69) is 25.3 Å². The molecule has 3 rings (SSSR count). The van der Waals surface area contributed by atoms with E-state index in [-0.39, 0.29) is 11.9 Å². The number of aromatic nitrogens is 5. The molecule has 17 heavy (non-hydrogen) atoms. The van der Waals surface area contributed by atoms with E-state index < -0.39 is 0 Å². The number of nitrogen functional groups attached to an aromatic ring is 1. The number of anilines is 1. The lowest BCUT2D eigenvalue weighted by molar-refractivity contribution is 0.0773. The van der Waals surface area contributed by atoms with Gasteiger partial charge in [0, 0.05) is 12.5 Å². The average molecular weight is 236 g/mol. The van der Waals surface area contributed by atoms with Crippen LogP contribution in [0.2, 0.25) is 0 Å². The van der Waals surface area contributed by atoms with Crippen molar-refractivity contribution in [1.82, 2.24) is 25.3 Å². The van der Waals surface area contributed by atoms with Crippen LogP contribution in [0.3, 0.4) is 0 Å². The molecule has 2 aromatic rings. The molecule has 1 saturated heterocycles. The molecular formula is C9H12N6O2. The van der Waals surface area contributed by atoms with Gasteiger partial charge in [0.2, 0.25) is 11.8 Å². The lowest BCUT2D eigenvalue weighted by atomic mass is 10.0. The van der Waals surface area contributed by atoms with E-state index >= 15 is 0 Å². The Kier molecular flexibility index (Phi) is 2.48. The zero-order chi connectivity index (χ0) is 11.7. The fourth-order valence-electron chi connectivity index (χ4n) is 1.81. The zero-order valence-electron chi connectivity index (χ0n) is 9.09. The maximum Gasteiger partial charge on any atom is 0.295 e. The summed E-state index contributed by atoms with van der Waals surface area (Å²) in [4.78, 5) is 8.19. The molecule has 0 bridgehead atoms. The summed E-state index contributed by atoms with van der Waals surface area (Å²) in [6.45, 7) is 1.44. The molecule has 0 aliphatic carbocycles. The number of nitrogens with zero attached hydrogens (tertiary/aromatic N) is 4. The molecule has 1 aliphatic rings. The van der Waals surface area contributed by atoms with Gasteiger partial charge in [0.05, 0.1) is 6.61 Å². The maximum atomic E-state index is 5.40. The molecule has 1 fully saturated rings. The Bertz CT molecular complexity index is 501. The molecule has 90 valence electrons. The van der Waals surface area contributed by atoms with Gasteiger partial charge in [-0.3, -0.25) is 5.10 Å². The SMILES string of the molecule is Nc1n[nH]c(-c2nc(C3CCCOC3)no2)n1. The van der Waals surface area contributed by atoms with Crippen LogP contribution >= 0.6 is 0 Å². The summed E-state index contributed by atoms with van der Waals surface area (Å²) in [5.74, 6) is 1.68. The minimum atomic E-state index is 0.153. The number of ether oxygens (including phenoxy) is 1. The quantitative estimate of drug-likeness (QED) is 0.771. The Morgan fingerprint density at radius 3 is 3.00 bits per heavy atom.